The second kappa shape index (κ2) is 8.21. The van der Waals surface area contributed by atoms with Gasteiger partial charge in [0.15, 0.2) is 0 Å². The van der Waals surface area contributed by atoms with Gasteiger partial charge in [0.25, 0.3) is 5.69 Å². The number of carboxylic acids is 1. The Labute approximate surface area is 146 Å². The molecule has 0 spiro atoms. The smallest absolute Gasteiger partial charge is 0.371 e. The summed E-state index contributed by atoms with van der Waals surface area (Å²) in [5, 5.41) is 58.7. The van der Waals surface area contributed by atoms with Crippen molar-refractivity contribution in [2.75, 3.05) is 6.61 Å². The third-order valence-electron chi connectivity index (χ3n) is 3.72. The number of rotatable bonds is 6. The topological polar surface area (TPSA) is 180 Å². The number of aliphatic carboxylic acids is 1. The molecule has 1 heterocycles. The van der Waals surface area contributed by atoms with Gasteiger partial charge in [0, 0.05) is 12.1 Å². The predicted molar refractivity (Wildman–Crippen MR) is 83.6 cm³/mol. The monoisotopic (exact) mass is 371 g/mol. The Balaban J connectivity index is 2.31. The highest BCUT2D eigenvalue weighted by Crippen LogP contribution is 2.26. The van der Waals surface area contributed by atoms with Crippen LogP contribution >= 0.6 is 0 Å². The zero-order valence-corrected chi connectivity index (χ0v) is 13.2. The minimum atomic E-state index is -1.82. The van der Waals surface area contributed by atoms with Gasteiger partial charge in [-0.1, -0.05) is 12.1 Å². The molecule has 0 saturated carbocycles. The van der Waals surface area contributed by atoms with Crippen molar-refractivity contribution < 1.29 is 44.7 Å². The number of nitrogens with zero attached hydrogens (tertiary/aromatic N) is 1. The molecule has 1 aromatic carbocycles. The van der Waals surface area contributed by atoms with Crippen LogP contribution in [0.3, 0.4) is 0 Å². The fourth-order valence-electron chi connectivity index (χ4n) is 2.35. The molecule has 11 nitrogen and oxygen atoms in total. The maximum Gasteiger partial charge on any atom is 0.371 e. The maximum atomic E-state index is 11.4. The summed E-state index contributed by atoms with van der Waals surface area (Å²) < 4.78 is 10.1. The zero-order valence-electron chi connectivity index (χ0n) is 13.2. The summed E-state index contributed by atoms with van der Waals surface area (Å²) in [6, 6.07) is 5.30. The molecule has 1 aromatic rings. The average molecular weight is 371 g/mol. The lowest BCUT2D eigenvalue weighted by molar-refractivity contribution is -0.385. The first-order valence-corrected chi connectivity index (χ1v) is 7.41. The number of aliphatic hydroxyl groups is 4. The highest BCUT2D eigenvalue weighted by atomic mass is 16.7. The van der Waals surface area contributed by atoms with Crippen molar-refractivity contribution in [2.24, 2.45) is 0 Å². The SMILES string of the molecule is O=C(O)/C(=C\c1ccccc1[N+](=O)[O-])O[C@H]1O[C@@H](CO)[C@@H](O)[C@H](O)[C@H]1O. The van der Waals surface area contributed by atoms with Gasteiger partial charge in [0.2, 0.25) is 12.0 Å². The van der Waals surface area contributed by atoms with Gasteiger partial charge in [-0.2, -0.15) is 0 Å². The van der Waals surface area contributed by atoms with Crippen molar-refractivity contribution in [3.8, 4) is 0 Å². The zero-order chi connectivity index (χ0) is 19.4. The lowest BCUT2D eigenvalue weighted by Gasteiger charge is -2.39. The summed E-state index contributed by atoms with van der Waals surface area (Å²) >= 11 is 0. The number of carboxylic acid groups (broad SMARTS) is 1. The van der Waals surface area contributed by atoms with Gasteiger partial charge in [0.05, 0.1) is 17.1 Å². The number of hydrogen-bond donors (Lipinski definition) is 5. The summed E-state index contributed by atoms with van der Waals surface area (Å²) in [6.07, 6.45) is -7.37. The minimum absolute atomic E-state index is 0.0699. The molecule has 26 heavy (non-hydrogen) atoms. The summed E-state index contributed by atoms with van der Waals surface area (Å²) in [5.74, 6) is -2.41. The normalized spacial score (nSPS) is 29.2. The van der Waals surface area contributed by atoms with E-state index in [1.54, 1.807) is 0 Å². The molecule has 0 aliphatic carbocycles. The van der Waals surface area contributed by atoms with Crippen LogP contribution in [0.1, 0.15) is 5.56 Å². The van der Waals surface area contributed by atoms with Crippen LogP contribution in [-0.4, -0.2) is 73.7 Å². The number of nitro groups is 1. The van der Waals surface area contributed by atoms with Gasteiger partial charge in [-0.25, -0.2) is 4.79 Å². The molecule has 1 fully saturated rings. The second-order valence-corrected chi connectivity index (χ2v) is 5.44. The van der Waals surface area contributed by atoms with Crippen LogP contribution in [0.4, 0.5) is 5.69 Å². The number of carbonyl (C=O) groups is 1. The van der Waals surface area contributed by atoms with Crippen LogP contribution < -0.4 is 0 Å². The molecular weight excluding hydrogens is 354 g/mol. The Morgan fingerprint density at radius 3 is 2.46 bits per heavy atom. The van der Waals surface area contributed by atoms with Gasteiger partial charge in [0.1, 0.15) is 24.4 Å². The van der Waals surface area contributed by atoms with Crippen molar-refractivity contribution in [1.29, 1.82) is 0 Å². The van der Waals surface area contributed by atoms with E-state index in [-0.39, 0.29) is 11.3 Å². The number of para-hydroxylation sites is 1. The number of hydrogen-bond acceptors (Lipinski definition) is 9. The van der Waals surface area contributed by atoms with E-state index >= 15 is 0 Å². The molecule has 5 atom stereocenters. The number of aliphatic hydroxyl groups excluding tert-OH is 4. The number of ether oxygens (including phenoxy) is 2. The molecule has 11 heteroatoms. The molecule has 0 amide bonds. The first-order valence-electron chi connectivity index (χ1n) is 7.41. The quantitative estimate of drug-likeness (QED) is 0.177. The molecule has 0 radical (unpaired) electrons. The molecule has 0 bridgehead atoms. The van der Waals surface area contributed by atoms with Crippen LogP contribution in [0.5, 0.6) is 0 Å². The lowest BCUT2D eigenvalue weighted by atomic mass is 9.99. The van der Waals surface area contributed by atoms with Gasteiger partial charge in [-0.3, -0.25) is 10.1 Å². The third kappa shape index (κ3) is 4.15. The van der Waals surface area contributed by atoms with Crippen LogP contribution in [-0.2, 0) is 14.3 Å². The number of nitro benzene ring substituents is 1. The number of benzene rings is 1. The molecule has 2 rings (SSSR count). The molecular formula is C15H17NO10. The fourth-order valence-corrected chi connectivity index (χ4v) is 2.35. The first-order chi connectivity index (χ1) is 12.3. The average Bonchev–Trinajstić information content (AvgIpc) is 2.61. The van der Waals surface area contributed by atoms with Gasteiger partial charge in [-0.05, 0) is 6.07 Å². The molecule has 1 aliphatic rings. The Hall–Kier alpha value is -2.57. The highest BCUT2D eigenvalue weighted by molar-refractivity contribution is 5.90. The van der Waals surface area contributed by atoms with E-state index in [0.717, 1.165) is 6.08 Å². The van der Waals surface area contributed by atoms with E-state index in [1.165, 1.54) is 24.3 Å². The van der Waals surface area contributed by atoms with Crippen LogP contribution in [0, 0.1) is 10.1 Å². The van der Waals surface area contributed by atoms with Crippen LogP contribution in [0.15, 0.2) is 30.0 Å². The Morgan fingerprint density at radius 1 is 1.23 bits per heavy atom. The second-order valence-electron chi connectivity index (χ2n) is 5.44. The molecule has 142 valence electrons. The van der Waals surface area contributed by atoms with Gasteiger partial charge in [-0.15, -0.1) is 0 Å². The minimum Gasteiger partial charge on any atom is -0.475 e. The van der Waals surface area contributed by atoms with E-state index < -0.39 is 54.0 Å². The summed E-state index contributed by atoms with van der Waals surface area (Å²) in [6.45, 7) is -0.721. The van der Waals surface area contributed by atoms with Crippen molar-refractivity contribution in [3.63, 3.8) is 0 Å². The van der Waals surface area contributed by atoms with Crippen LogP contribution in [0.25, 0.3) is 6.08 Å². The molecule has 5 N–H and O–H groups in total. The molecule has 0 aromatic heterocycles. The first kappa shape index (κ1) is 19.8. The lowest BCUT2D eigenvalue weighted by Crippen LogP contribution is -2.59. The summed E-state index contributed by atoms with van der Waals surface area (Å²) in [5.41, 5.74) is -0.442. The fraction of sp³-hybridized carbons (Fsp3) is 0.400. The van der Waals surface area contributed by atoms with Crippen LogP contribution in [0.2, 0.25) is 0 Å². The van der Waals surface area contributed by atoms with Gasteiger partial charge < -0.3 is 35.0 Å². The summed E-state index contributed by atoms with van der Waals surface area (Å²) in [7, 11) is 0. The van der Waals surface area contributed by atoms with Crippen molar-refractivity contribution in [3.05, 3.63) is 45.7 Å². The largest absolute Gasteiger partial charge is 0.475 e. The predicted octanol–water partition coefficient (Wildman–Crippen LogP) is -1.16. The Kier molecular flexibility index (Phi) is 6.23. The van der Waals surface area contributed by atoms with Gasteiger partial charge >= 0.3 is 5.97 Å². The van der Waals surface area contributed by atoms with E-state index in [0.29, 0.717) is 0 Å². The Bertz CT molecular complexity index is 703. The molecule has 1 aliphatic heterocycles. The summed E-state index contributed by atoms with van der Waals surface area (Å²) in [4.78, 5) is 21.7. The van der Waals surface area contributed by atoms with Crippen molar-refractivity contribution in [2.45, 2.75) is 30.7 Å². The van der Waals surface area contributed by atoms with E-state index in [1.807, 2.05) is 0 Å². The van der Waals surface area contributed by atoms with E-state index in [2.05, 4.69) is 0 Å². The standard InChI is InChI=1S/C15H17NO10/c17-6-10-11(18)12(19)13(20)15(26-10)25-9(14(21)22)5-7-3-1-2-4-8(7)16(23)24/h1-5,10-13,15,17-20H,6H2,(H,21,22)/b9-5+/t10-,11+,12-,13+,15-/m0/s1. The van der Waals surface area contributed by atoms with E-state index in [4.69, 9.17) is 14.6 Å². The van der Waals surface area contributed by atoms with Crippen molar-refractivity contribution >= 4 is 17.7 Å². The maximum absolute atomic E-state index is 11.4. The molecule has 1 saturated heterocycles. The Morgan fingerprint density at radius 2 is 1.88 bits per heavy atom. The highest BCUT2D eigenvalue weighted by Gasteiger charge is 2.45. The molecule has 0 unspecified atom stereocenters. The van der Waals surface area contributed by atoms with E-state index in [9.17, 15) is 35.3 Å². The third-order valence-corrected chi connectivity index (χ3v) is 3.72. The van der Waals surface area contributed by atoms with Crippen molar-refractivity contribution in [1.82, 2.24) is 0 Å².